The van der Waals surface area contributed by atoms with Crippen LogP contribution in [-0.4, -0.2) is 36.8 Å². The molecule has 19 heavy (non-hydrogen) atoms. The molecule has 4 nitrogen and oxygen atoms in total. The number of amides is 1. The number of thiophene rings is 1. The number of methoxy groups -OCH3 is 1. The molecule has 0 N–H and O–H groups in total. The molecule has 1 fully saturated rings. The first-order valence-electron chi connectivity index (χ1n) is 6.05. The van der Waals surface area contributed by atoms with Crippen LogP contribution in [0.1, 0.15) is 25.6 Å². The summed E-state index contributed by atoms with van der Waals surface area (Å²) in [5.41, 5.74) is -0.845. The van der Waals surface area contributed by atoms with Crippen molar-refractivity contribution in [3.63, 3.8) is 0 Å². The van der Waals surface area contributed by atoms with Crippen LogP contribution < -0.4 is 0 Å². The number of halogens is 1. The van der Waals surface area contributed by atoms with Crippen LogP contribution >= 0.6 is 27.3 Å². The highest BCUT2D eigenvalue weighted by Gasteiger charge is 2.49. The Morgan fingerprint density at radius 1 is 1.42 bits per heavy atom. The second-order valence-corrected chi connectivity index (χ2v) is 8.10. The van der Waals surface area contributed by atoms with Gasteiger partial charge in [-0.1, -0.05) is 0 Å². The predicted molar refractivity (Wildman–Crippen MR) is 78.5 cm³/mol. The van der Waals surface area contributed by atoms with Crippen molar-refractivity contribution < 1.29 is 14.3 Å². The summed E-state index contributed by atoms with van der Waals surface area (Å²) in [5, 5.41) is 0. The fourth-order valence-corrected chi connectivity index (χ4v) is 3.51. The number of carbonyl (C=O) groups is 1. The molecule has 1 aliphatic rings. The van der Waals surface area contributed by atoms with E-state index in [2.05, 4.69) is 15.9 Å². The van der Waals surface area contributed by atoms with E-state index in [0.29, 0.717) is 13.1 Å². The normalized spacial score (nSPS) is 18.1. The predicted octanol–water partition coefficient (Wildman–Crippen LogP) is 3.60. The zero-order chi connectivity index (χ0) is 14.3. The summed E-state index contributed by atoms with van der Waals surface area (Å²) in [5.74, 6) is 0. The van der Waals surface area contributed by atoms with Gasteiger partial charge >= 0.3 is 6.09 Å². The Morgan fingerprint density at radius 2 is 2.05 bits per heavy atom. The summed E-state index contributed by atoms with van der Waals surface area (Å²) >= 11 is 5.08. The third-order valence-corrected chi connectivity index (χ3v) is 4.77. The largest absolute Gasteiger partial charge is 0.444 e. The molecule has 2 heterocycles. The van der Waals surface area contributed by atoms with Gasteiger partial charge in [0.2, 0.25) is 0 Å². The fourth-order valence-electron chi connectivity index (χ4n) is 1.97. The Labute approximate surface area is 125 Å². The lowest BCUT2D eigenvalue weighted by Gasteiger charge is -2.48. The summed E-state index contributed by atoms with van der Waals surface area (Å²) < 4.78 is 12.0. The summed E-state index contributed by atoms with van der Waals surface area (Å²) in [7, 11) is 1.68. The molecule has 6 heteroatoms. The molecule has 0 aliphatic carbocycles. The van der Waals surface area contributed by atoms with E-state index in [9.17, 15) is 4.79 Å². The van der Waals surface area contributed by atoms with Gasteiger partial charge in [-0.25, -0.2) is 4.79 Å². The maximum absolute atomic E-state index is 11.9. The van der Waals surface area contributed by atoms with Gasteiger partial charge < -0.3 is 14.4 Å². The third-order valence-electron chi connectivity index (χ3n) is 2.96. The van der Waals surface area contributed by atoms with Crippen LogP contribution in [0.4, 0.5) is 4.79 Å². The first kappa shape index (κ1) is 14.8. The van der Waals surface area contributed by atoms with Crippen LogP contribution in [0.15, 0.2) is 15.9 Å². The lowest BCUT2D eigenvalue weighted by molar-refractivity contribution is -0.124. The minimum atomic E-state index is -0.464. The molecule has 0 aromatic carbocycles. The second kappa shape index (κ2) is 5.07. The average Bonchev–Trinajstić information content (AvgIpc) is 2.62. The van der Waals surface area contributed by atoms with Gasteiger partial charge in [0.05, 0.1) is 16.9 Å². The summed E-state index contributed by atoms with van der Waals surface area (Å²) in [6.07, 6.45) is -0.282. The van der Waals surface area contributed by atoms with E-state index in [1.165, 1.54) is 0 Å². The minimum Gasteiger partial charge on any atom is -0.444 e. The topological polar surface area (TPSA) is 38.8 Å². The smallest absolute Gasteiger partial charge is 0.410 e. The first-order valence-corrected chi connectivity index (χ1v) is 7.66. The lowest BCUT2D eigenvalue weighted by atomic mass is 9.92. The number of likely N-dealkylation sites (tertiary alicyclic amines) is 1. The quantitative estimate of drug-likeness (QED) is 0.820. The second-order valence-electron chi connectivity index (χ2n) is 5.64. The SMILES string of the molecule is COC1(c2ccc(Br)s2)CN(C(=O)OC(C)(C)C)C1. The van der Waals surface area contributed by atoms with Gasteiger partial charge in [-0.3, -0.25) is 0 Å². The zero-order valence-corrected chi connectivity index (χ0v) is 13.9. The van der Waals surface area contributed by atoms with Crippen LogP contribution in [0.2, 0.25) is 0 Å². The van der Waals surface area contributed by atoms with Gasteiger partial charge in [0.25, 0.3) is 0 Å². The molecular weight excluding hydrogens is 330 g/mol. The van der Waals surface area contributed by atoms with E-state index < -0.39 is 5.60 Å². The van der Waals surface area contributed by atoms with Gasteiger partial charge in [-0.05, 0) is 48.8 Å². The maximum atomic E-state index is 11.9. The summed E-state index contributed by atoms with van der Waals surface area (Å²) in [6.45, 7) is 6.66. The molecule has 1 aromatic heterocycles. The average molecular weight is 348 g/mol. The van der Waals surface area contributed by atoms with E-state index in [4.69, 9.17) is 9.47 Å². The van der Waals surface area contributed by atoms with Crippen molar-refractivity contribution in [2.45, 2.75) is 32.0 Å². The zero-order valence-electron chi connectivity index (χ0n) is 11.5. The third kappa shape index (κ3) is 3.12. The van der Waals surface area contributed by atoms with Gasteiger partial charge in [0, 0.05) is 12.0 Å². The highest BCUT2D eigenvalue weighted by Crippen LogP contribution is 2.40. The molecule has 0 radical (unpaired) electrons. The first-order chi connectivity index (χ1) is 8.76. The number of rotatable bonds is 2. The lowest BCUT2D eigenvalue weighted by Crippen LogP contribution is -2.62. The van der Waals surface area contributed by atoms with Crippen molar-refractivity contribution in [2.75, 3.05) is 20.2 Å². The number of carbonyl (C=O) groups excluding carboxylic acids is 1. The molecule has 0 unspecified atom stereocenters. The molecule has 1 saturated heterocycles. The molecule has 0 spiro atoms. The van der Waals surface area contributed by atoms with Crippen LogP contribution in [0.5, 0.6) is 0 Å². The van der Waals surface area contributed by atoms with Crippen molar-refractivity contribution in [3.05, 3.63) is 20.8 Å². The van der Waals surface area contributed by atoms with Crippen molar-refractivity contribution >= 4 is 33.4 Å². The fraction of sp³-hybridized carbons (Fsp3) is 0.615. The Balaban J connectivity index is 2.02. The standard InChI is InChI=1S/C13H18BrNO3S/c1-12(2,3)18-11(16)15-7-13(8-15,17-4)9-5-6-10(14)19-9/h5-6H,7-8H2,1-4H3. The Hall–Kier alpha value is -0.590. The molecule has 1 amide bonds. The number of hydrogen-bond donors (Lipinski definition) is 0. The summed E-state index contributed by atoms with van der Waals surface area (Å²) in [6, 6.07) is 4.03. The number of nitrogens with zero attached hydrogens (tertiary/aromatic N) is 1. The van der Waals surface area contributed by atoms with Crippen molar-refractivity contribution in [1.82, 2.24) is 4.90 Å². The Morgan fingerprint density at radius 3 is 2.47 bits per heavy atom. The highest BCUT2D eigenvalue weighted by molar-refractivity contribution is 9.11. The highest BCUT2D eigenvalue weighted by atomic mass is 79.9. The van der Waals surface area contributed by atoms with Crippen LogP contribution in [-0.2, 0) is 15.1 Å². The maximum Gasteiger partial charge on any atom is 0.410 e. The molecule has 0 bridgehead atoms. The number of ether oxygens (including phenoxy) is 2. The van der Waals surface area contributed by atoms with Crippen LogP contribution in [0, 0.1) is 0 Å². The molecule has 1 aromatic rings. The minimum absolute atomic E-state index is 0.282. The van der Waals surface area contributed by atoms with Gasteiger partial charge in [-0.2, -0.15) is 0 Å². The van der Waals surface area contributed by atoms with E-state index in [1.54, 1.807) is 23.3 Å². The van der Waals surface area contributed by atoms with E-state index in [-0.39, 0.29) is 11.7 Å². The molecule has 1 aliphatic heterocycles. The van der Waals surface area contributed by atoms with Gasteiger partial charge in [0.1, 0.15) is 11.2 Å². The van der Waals surface area contributed by atoms with Gasteiger partial charge in [-0.15, -0.1) is 11.3 Å². The van der Waals surface area contributed by atoms with E-state index >= 15 is 0 Å². The molecular formula is C13H18BrNO3S. The van der Waals surface area contributed by atoms with Crippen molar-refractivity contribution in [3.8, 4) is 0 Å². The summed E-state index contributed by atoms with van der Waals surface area (Å²) in [4.78, 5) is 14.7. The van der Waals surface area contributed by atoms with E-state index in [0.717, 1.165) is 8.66 Å². The van der Waals surface area contributed by atoms with Crippen molar-refractivity contribution in [2.24, 2.45) is 0 Å². The number of hydrogen-bond acceptors (Lipinski definition) is 4. The van der Waals surface area contributed by atoms with Crippen LogP contribution in [0.25, 0.3) is 0 Å². The Bertz CT molecular complexity index is 474. The van der Waals surface area contributed by atoms with Gasteiger partial charge in [0.15, 0.2) is 0 Å². The van der Waals surface area contributed by atoms with Crippen LogP contribution in [0.3, 0.4) is 0 Å². The molecule has 0 atom stereocenters. The molecule has 106 valence electrons. The van der Waals surface area contributed by atoms with Crippen molar-refractivity contribution in [1.29, 1.82) is 0 Å². The van der Waals surface area contributed by atoms with E-state index in [1.807, 2.05) is 32.9 Å². The Kier molecular flexibility index (Phi) is 3.95. The molecule has 0 saturated carbocycles. The molecule has 2 rings (SSSR count). The monoisotopic (exact) mass is 347 g/mol.